The molecule has 6 nitrogen and oxygen atoms in total. The molecule has 128 valence electrons. The lowest BCUT2D eigenvalue weighted by atomic mass is 10.1. The number of benzene rings is 1. The van der Waals surface area contributed by atoms with Crippen molar-refractivity contribution in [3.63, 3.8) is 0 Å². The van der Waals surface area contributed by atoms with Gasteiger partial charge in [0.05, 0.1) is 18.4 Å². The summed E-state index contributed by atoms with van der Waals surface area (Å²) in [4.78, 5) is 23.9. The Morgan fingerprint density at radius 3 is 2.76 bits per heavy atom. The molecule has 2 amide bonds. The highest BCUT2D eigenvalue weighted by atomic mass is 16.2. The largest absolute Gasteiger partial charge is 0.364 e. The van der Waals surface area contributed by atoms with Crippen LogP contribution in [0.25, 0.3) is 0 Å². The van der Waals surface area contributed by atoms with Crippen LogP contribution in [0, 0.1) is 0 Å². The van der Waals surface area contributed by atoms with Gasteiger partial charge in [0.15, 0.2) is 0 Å². The third-order valence-corrected chi connectivity index (χ3v) is 3.91. The Morgan fingerprint density at radius 2 is 2.00 bits per heavy atom. The number of nitrogens with one attached hydrogen (secondary N) is 1. The second-order valence-electron chi connectivity index (χ2n) is 5.74. The topological polar surface area (TPSA) is 78.7 Å². The molecule has 6 heteroatoms. The minimum absolute atomic E-state index is 0.0784. The van der Waals surface area contributed by atoms with Crippen LogP contribution in [-0.2, 0) is 16.0 Å². The van der Waals surface area contributed by atoms with E-state index in [0.29, 0.717) is 30.8 Å². The first-order valence-corrected chi connectivity index (χ1v) is 8.10. The lowest BCUT2D eigenvalue weighted by Gasteiger charge is -2.34. The molecular weight excluding hydrogens is 316 g/mol. The molecule has 0 spiro atoms. The maximum absolute atomic E-state index is 12.2. The van der Waals surface area contributed by atoms with Crippen LogP contribution in [0.2, 0.25) is 0 Å². The number of carbonyl (C=O) groups excluding carboxylic acids is 2. The molecule has 0 aliphatic carbocycles. The number of hydrogen-bond acceptors (Lipinski definition) is 4. The summed E-state index contributed by atoms with van der Waals surface area (Å²) in [6.45, 7) is 0.570. The van der Waals surface area contributed by atoms with Crippen LogP contribution in [0.1, 0.15) is 12.0 Å². The van der Waals surface area contributed by atoms with E-state index in [2.05, 4.69) is 5.32 Å². The number of nitrogens with zero attached hydrogens (tertiary/aromatic N) is 2. The Morgan fingerprint density at radius 1 is 1.20 bits per heavy atom. The highest BCUT2D eigenvalue weighted by molar-refractivity contribution is 5.92. The van der Waals surface area contributed by atoms with Gasteiger partial charge in [-0.25, -0.2) is 0 Å². The third kappa shape index (κ3) is 4.17. The normalized spacial score (nSPS) is 15.8. The quantitative estimate of drug-likeness (QED) is 0.855. The first kappa shape index (κ1) is 16.6. The molecule has 0 fully saturated rings. The minimum Gasteiger partial charge on any atom is -0.364 e. The second kappa shape index (κ2) is 7.53. The van der Waals surface area contributed by atoms with Gasteiger partial charge in [-0.1, -0.05) is 36.4 Å². The second-order valence-corrected chi connectivity index (χ2v) is 5.74. The highest BCUT2D eigenvalue weighted by Crippen LogP contribution is 2.19. The predicted octanol–water partition coefficient (Wildman–Crippen LogP) is 1.56. The molecule has 0 aromatic heterocycles. The van der Waals surface area contributed by atoms with Crippen molar-refractivity contribution in [2.75, 3.05) is 6.54 Å². The average Bonchev–Trinajstić information content (AvgIpc) is 2.82. The fourth-order valence-electron chi connectivity index (χ4n) is 2.67. The van der Waals surface area contributed by atoms with Crippen molar-refractivity contribution in [2.45, 2.75) is 12.8 Å². The molecule has 3 N–H and O–H groups in total. The maximum atomic E-state index is 12.2. The van der Waals surface area contributed by atoms with E-state index in [0.717, 1.165) is 5.56 Å². The van der Waals surface area contributed by atoms with Crippen LogP contribution in [0.3, 0.4) is 0 Å². The van der Waals surface area contributed by atoms with Crippen molar-refractivity contribution >= 4 is 11.8 Å². The number of fused-ring (bicyclic) bond motifs is 1. The summed E-state index contributed by atoms with van der Waals surface area (Å²) in [5.74, 6) is -0.604. The zero-order valence-electron chi connectivity index (χ0n) is 13.8. The van der Waals surface area contributed by atoms with Gasteiger partial charge in [0, 0.05) is 12.6 Å². The summed E-state index contributed by atoms with van der Waals surface area (Å²) in [7, 11) is 0. The number of amides is 2. The van der Waals surface area contributed by atoms with E-state index in [9.17, 15) is 9.59 Å². The van der Waals surface area contributed by atoms with Crippen molar-refractivity contribution in [1.82, 2.24) is 15.3 Å². The Balaban J connectivity index is 1.66. The van der Waals surface area contributed by atoms with E-state index < -0.39 is 5.91 Å². The first-order valence-electron chi connectivity index (χ1n) is 8.10. The lowest BCUT2D eigenvalue weighted by Crippen LogP contribution is -2.40. The van der Waals surface area contributed by atoms with Crippen LogP contribution in [0.15, 0.2) is 78.4 Å². The number of carbonyl (C=O) groups is 2. The number of hydrazine groups is 1. The molecule has 0 bridgehead atoms. The maximum Gasteiger partial charge on any atom is 0.267 e. The number of nitrogens with two attached hydrogens (primary N) is 1. The molecule has 1 aromatic rings. The molecule has 2 aliphatic heterocycles. The van der Waals surface area contributed by atoms with Gasteiger partial charge in [0.25, 0.3) is 5.91 Å². The average molecular weight is 336 g/mol. The summed E-state index contributed by atoms with van der Waals surface area (Å²) in [6.07, 6.45) is 11.8. The SMILES string of the molecule is NC(=O)C1=CC=CN2CC=CC(NC(=O)CCc3ccccc3)=CN12. The molecule has 2 heterocycles. The van der Waals surface area contributed by atoms with Crippen molar-refractivity contribution in [3.8, 4) is 0 Å². The monoisotopic (exact) mass is 336 g/mol. The Hall–Kier alpha value is -3.28. The third-order valence-electron chi connectivity index (χ3n) is 3.91. The summed E-state index contributed by atoms with van der Waals surface area (Å²) in [5.41, 5.74) is 7.52. The number of allylic oxidation sites excluding steroid dienone is 3. The van der Waals surface area contributed by atoms with Gasteiger partial charge < -0.3 is 11.1 Å². The lowest BCUT2D eigenvalue weighted by molar-refractivity contribution is -0.120. The van der Waals surface area contributed by atoms with Crippen LogP contribution in [0.5, 0.6) is 0 Å². The number of hydrogen-bond donors (Lipinski definition) is 2. The Labute approximate surface area is 146 Å². The molecule has 3 rings (SSSR count). The number of aryl methyl sites for hydroxylation is 1. The number of primary amides is 1. The molecule has 0 saturated carbocycles. The zero-order valence-corrected chi connectivity index (χ0v) is 13.8. The minimum atomic E-state index is -0.526. The molecule has 0 atom stereocenters. The van der Waals surface area contributed by atoms with E-state index in [1.165, 1.54) is 0 Å². The Bertz CT molecular complexity index is 778. The number of rotatable bonds is 5. The highest BCUT2D eigenvalue weighted by Gasteiger charge is 2.22. The van der Waals surface area contributed by atoms with Crippen molar-refractivity contribution in [1.29, 1.82) is 0 Å². The van der Waals surface area contributed by atoms with Gasteiger partial charge in [-0.15, -0.1) is 0 Å². The molecule has 0 unspecified atom stereocenters. The van der Waals surface area contributed by atoms with Crippen molar-refractivity contribution in [3.05, 3.63) is 84.0 Å². The summed E-state index contributed by atoms with van der Waals surface area (Å²) in [5, 5.41) is 6.37. The Kier molecular flexibility index (Phi) is 4.99. The molecule has 1 aromatic carbocycles. The van der Waals surface area contributed by atoms with Gasteiger partial charge in [-0.05, 0) is 30.2 Å². The zero-order chi connectivity index (χ0) is 17.6. The predicted molar refractivity (Wildman–Crippen MR) is 95.1 cm³/mol. The molecule has 0 saturated heterocycles. The van der Waals surface area contributed by atoms with Crippen LogP contribution in [-0.4, -0.2) is 28.4 Å². The van der Waals surface area contributed by atoms with Gasteiger partial charge >= 0.3 is 0 Å². The molecular formula is C19H20N4O2. The smallest absolute Gasteiger partial charge is 0.267 e. The van der Waals surface area contributed by atoms with Crippen molar-refractivity contribution < 1.29 is 9.59 Å². The molecule has 0 radical (unpaired) electrons. The fourth-order valence-corrected chi connectivity index (χ4v) is 2.67. The van der Waals surface area contributed by atoms with Crippen molar-refractivity contribution in [2.24, 2.45) is 5.73 Å². The van der Waals surface area contributed by atoms with Gasteiger partial charge in [0.2, 0.25) is 5.91 Å². The summed E-state index contributed by atoms with van der Waals surface area (Å²) >= 11 is 0. The van der Waals surface area contributed by atoms with E-state index in [1.54, 1.807) is 23.4 Å². The fraction of sp³-hybridized carbons (Fsp3) is 0.158. The first-order chi connectivity index (χ1) is 12.1. The van der Waals surface area contributed by atoms with Crippen LogP contribution < -0.4 is 11.1 Å². The summed E-state index contributed by atoms with van der Waals surface area (Å²) < 4.78 is 0. The standard InChI is InChI=1S/C19H20N4O2/c20-19(25)17-9-5-13-22-12-4-8-16(14-23(17)22)21-18(24)11-10-15-6-2-1-3-7-15/h1-9,13-14H,10-12H2,(H2,20,25)(H,21,24). The van der Waals surface area contributed by atoms with Gasteiger partial charge in [-0.2, -0.15) is 0 Å². The van der Waals surface area contributed by atoms with E-state index >= 15 is 0 Å². The van der Waals surface area contributed by atoms with E-state index in [-0.39, 0.29) is 5.91 Å². The van der Waals surface area contributed by atoms with E-state index in [4.69, 9.17) is 5.73 Å². The van der Waals surface area contributed by atoms with E-state index in [1.807, 2.05) is 53.7 Å². The molecule has 2 aliphatic rings. The summed E-state index contributed by atoms with van der Waals surface area (Å²) in [6, 6.07) is 9.87. The molecule has 25 heavy (non-hydrogen) atoms. The van der Waals surface area contributed by atoms with Gasteiger partial charge in [0.1, 0.15) is 5.70 Å². The van der Waals surface area contributed by atoms with Crippen LogP contribution in [0.4, 0.5) is 0 Å². The van der Waals surface area contributed by atoms with Crippen LogP contribution >= 0.6 is 0 Å². The van der Waals surface area contributed by atoms with Gasteiger partial charge in [-0.3, -0.25) is 19.6 Å².